The summed E-state index contributed by atoms with van der Waals surface area (Å²) in [4.78, 5) is 0.831. The lowest BCUT2D eigenvalue weighted by Crippen LogP contribution is -2.09. The van der Waals surface area contributed by atoms with E-state index in [0.29, 0.717) is 13.0 Å². The zero-order chi connectivity index (χ0) is 15.8. The van der Waals surface area contributed by atoms with E-state index in [-0.39, 0.29) is 0 Å². The standard InChI is InChI=1S/C18H29NO2S/c19-12-11-18(20)16-9-4-10-17(14-16)22(21)13-5-8-15-6-2-1-3-7-15/h4,9-10,14-15,18,20H,1-3,5-8,11-13,19H2. The molecular formula is C18H29NO2S. The minimum absolute atomic E-state index is 0.454. The van der Waals surface area contributed by atoms with Crippen molar-refractivity contribution in [3.8, 4) is 0 Å². The Morgan fingerprint density at radius 1 is 1.27 bits per heavy atom. The first kappa shape index (κ1) is 17.6. The second-order valence-corrected chi connectivity index (χ2v) is 7.93. The van der Waals surface area contributed by atoms with Gasteiger partial charge in [0.25, 0.3) is 0 Å². The van der Waals surface area contributed by atoms with Crippen molar-refractivity contribution in [1.29, 1.82) is 0 Å². The minimum Gasteiger partial charge on any atom is -0.388 e. The van der Waals surface area contributed by atoms with Gasteiger partial charge < -0.3 is 10.8 Å². The second kappa shape index (κ2) is 9.43. The molecule has 1 saturated carbocycles. The summed E-state index contributed by atoms with van der Waals surface area (Å²) in [5.41, 5.74) is 6.30. The minimum atomic E-state index is -0.961. The van der Waals surface area contributed by atoms with Crippen LogP contribution in [0.25, 0.3) is 0 Å². The van der Waals surface area contributed by atoms with Crippen LogP contribution in [0, 0.1) is 5.92 Å². The maximum Gasteiger partial charge on any atom is 0.0802 e. The van der Waals surface area contributed by atoms with Crippen molar-refractivity contribution in [1.82, 2.24) is 0 Å². The lowest BCUT2D eigenvalue weighted by Gasteiger charge is -2.21. The van der Waals surface area contributed by atoms with Gasteiger partial charge in [-0.25, -0.2) is 0 Å². The zero-order valence-electron chi connectivity index (χ0n) is 13.4. The summed E-state index contributed by atoms with van der Waals surface area (Å²) in [5, 5.41) is 9.99. The molecule has 3 nitrogen and oxygen atoms in total. The van der Waals surface area contributed by atoms with Crippen LogP contribution in [0.15, 0.2) is 29.2 Å². The Labute approximate surface area is 136 Å². The molecule has 4 heteroatoms. The lowest BCUT2D eigenvalue weighted by atomic mass is 9.86. The van der Waals surface area contributed by atoms with Gasteiger partial charge in [0.1, 0.15) is 0 Å². The third kappa shape index (κ3) is 5.49. The van der Waals surface area contributed by atoms with E-state index in [0.717, 1.165) is 28.6 Å². The van der Waals surface area contributed by atoms with Gasteiger partial charge in [0.15, 0.2) is 0 Å². The molecule has 2 rings (SSSR count). The Morgan fingerprint density at radius 2 is 2.05 bits per heavy atom. The molecule has 1 aromatic carbocycles. The van der Waals surface area contributed by atoms with E-state index >= 15 is 0 Å². The van der Waals surface area contributed by atoms with E-state index in [9.17, 15) is 9.32 Å². The van der Waals surface area contributed by atoms with Gasteiger partial charge in [0.2, 0.25) is 0 Å². The summed E-state index contributed by atoms with van der Waals surface area (Å²) in [6, 6.07) is 7.53. The number of benzene rings is 1. The number of rotatable bonds is 8. The van der Waals surface area contributed by atoms with Crippen LogP contribution in [0.4, 0.5) is 0 Å². The van der Waals surface area contributed by atoms with Gasteiger partial charge in [-0.3, -0.25) is 4.21 Å². The number of aliphatic hydroxyl groups is 1. The number of aliphatic hydroxyl groups excluding tert-OH is 1. The number of nitrogens with two attached hydrogens (primary N) is 1. The van der Waals surface area contributed by atoms with E-state index in [4.69, 9.17) is 5.73 Å². The third-order valence-corrected chi connectivity index (χ3v) is 6.05. The Balaban J connectivity index is 1.82. The summed E-state index contributed by atoms with van der Waals surface area (Å²) in [5.74, 6) is 1.58. The molecule has 0 heterocycles. The van der Waals surface area contributed by atoms with Crippen LogP contribution in [0.5, 0.6) is 0 Å². The van der Waals surface area contributed by atoms with Crippen LogP contribution >= 0.6 is 0 Å². The van der Waals surface area contributed by atoms with Gasteiger partial charge in [-0.2, -0.15) is 0 Å². The summed E-state index contributed by atoms with van der Waals surface area (Å²) < 4.78 is 12.4. The third-order valence-electron chi connectivity index (χ3n) is 4.61. The van der Waals surface area contributed by atoms with E-state index in [1.54, 1.807) is 0 Å². The fraction of sp³-hybridized carbons (Fsp3) is 0.667. The van der Waals surface area contributed by atoms with Gasteiger partial charge in [0.05, 0.1) is 16.9 Å². The highest BCUT2D eigenvalue weighted by molar-refractivity contribution is 7.85. The van der Waals surface area contributed by atoms with Crippen molar-refractivity contribution in [3.05, 3.63) is 29.8 Å². The highest BCUT2D eigenvalue weighted by Crippen LogP contribution is 2.27. The van der Waals surface area contributed by atoms with E-state index in [1.165, 1.54) is 38.5 Å². The fourth-order valence-corrected chi connectivity index (χ4v) is 4.45. The lowest BCUT2D eigenvalue weighted by molar-refractivity contribution is 0.170. The van der Waals surface area contributed by atoms with Gasteiger partial charge in [0, 0.05) is 10.6 Å². The zero-order valence-corrected chi connectivity index (χ0v) is 14.2. The van der Waals surface area contributed by atoms with Crippen LogP contribution in [0.1, 0.15) is 63.0 Å². The quantitative estimate of drug-likeness (QED) is 0.769. The van der Waals surface area contributed by atoms with Crippen molar-refractivity contribution in [2.24, 2.45) is 11.7 Å². The second-order valence-electron chi connectivity index (χ2n) is 6.36. The predicted molar refractivity (Wildman–Crippen MR) is 92.2 cm³/mol. The largest absolute Gasteiger partial charge is 0.388 e. The molecule has 0 bridgehead atoms. The number of hydrogen-bond acceptors (Lipinski definition) is 3. The summed E-state index contributed by atoms with van der Waals surface area (Å²) in [7, 11) is -0.961. The van der Waals surface area contributed by atoms with Crippen molar-refractivity contribution in [3.63, 3.8) is 0 Å². The van der Waals surface area contributed by atoms with Gasteiger partial charge in [-0.05, 0) is 49.4 Å². The van der Waals surface area contributed by atoms with Crippen molar-refractivity contribution >= 4 is 10.8 Å². The smallest absolute Gasteiger partial charge is 0.0802 e. The van der Waals surface area contributed by atoms with Gasteiger partial charge in [-0.15, -0.1) is 0 Å². The predicted octanol–water partition coefficient (Wildman–Crippen LogP) is 3.54. The Morgan fingerprint density at radius 3 is 2.77 bits per heavy atom. The first-order valence-corrected chi connectivity index (χ1v) is 9.89. The summed E-state index contributed by atoms with van der Waals surface area (Å²) in [6.45, 7) is 0.454. The van der Waals surface area contributed by atoms with Crippen LogP contribution in [-0.2, 0) is 10.8 Å². The Bertz CT molecular complexity index is 472. The molecule has 3 N–H and O–H groups in total. The summed E-state index contributed by atoms with van der Waals surface area (Å²) in [6.07, 6.45) is 9.07. The van der Waals surface area contributed by atoms with Gasteiger partial charge in [-0.1, -0.05) is 44.2 Å². The Kier molecular flexibility index (Phi) is 7.56. The molecule has 0 aliphatic heterocycles. The molecule has 2 atom stereocenters. The first-order chi connectivity index (χ1) is 10.7. The van der Waals surface area contributed by atoms with Crippen LogP contribution in [-0.4, -0.2) is 21.6 Å². The van der Waals surface area contributed by atoms with E-state index < -0.39 is 16.9 Å². The first-order valence-electron chi connectivity index (χ1n) is 8.57. The molecule has 1 aliphatic rings. The highest BCUT2D eigenvalue weighted by atomic mass is 32.2. The van der Waals surface area contributed by atoms with Crippen LogP contribution in [0.3, 0.4) is 0 Å². The molecule has 0 radical (unpaired) electrons. The molecule has 0 aromatic heterocycles. The van der Waals surface area contributed by atoms with Crippen LogP contribution in [0.2, 0.25) is 0 Å². The van der Waals surface area contributed by atoms with Crippen molar-refractivity contribution in [2.45, 2.75) is 62.4 Å². The molecule has 1 fully saturated rings. The summed E-state index contributed by atoms with van der Waals surface area (Å²) >= 11 is 0. The topological polar surface area (TPSA) is 63.3 Å². The average molecular weight is 324 g/mol. The fourth-order valence-electron chi connectivity index (χ4n) is 3.28. The average Bonchev–Trinajstić information content (AvgIpc) is 2.56. The number of hydrogen-bond donors (Lipinski definition) is 2. The molecule has 1 aromatic rings. The SMILES string of the molecule is NCCC(O)c1cccc(S(=O)CCCC2CCCCC2)c1. The molecule has 0 saturated heterocycles. The molecule has 124 valence electrons. The molecule has 0 spiro atoms. The van der Waals surface area contributed by atoms with Crippen LogP contribution < -0.4 is 5.73 Å². The van der Waals surface area contributed by atoms with E-state index in [1.807, 2.05) is 24.3 Å². The van der Waals surface area contributed by atoms with E-state index in [2.05, 4.69) is 0 Å². The van der Waals surface area contributed by atoms with Crippen molar-refractivity contribution < 1.29 is 9.32 Å². The maximum atomic E-state index is 12.4. The molecule has 0 amide bonds. The maximum absolute atomic E-state index is 12.4. The molecule has 2 unspecified atom stereocenters. The highest BCUT2D eigenvalue weighted by Gasteiger charge is 2.14. The monoisotopic (exact) mass is 323 g/mol. The van der Waals surface area contributed by atoms with Gasteiger partial charge >= 0.3 is 0 Å². The molecule has 22 heavy (non-hydrogen) atoms. The Hall–Kier alpha value is -0.710. The molecular weight excluding hydrogens is 294 g/mol. The van der Waals surface area contributed by atoms with Crippen molar-refractivity contribution in [2.75, 3.05) is 12.3 Å². The normalized spacial score (nSPS) is 19.0. The molecule has 1 aliphatic carbocycles.